The van der Waals surface area contributed by atoms with Gasteiger partial charge in [-0.3, -0.25) is 0 Å². The van der Waals surface area contributed by atoms with Gasteiger partial charge in [-0.15, -0.1) is 0 Å². The van der Waals surface area contributed by atoms with Crippen LogP contribution >= 0.6 is 0 Å². The van der Waals surface area contributed by atoms with Gasteiger partial charge < -0.3 is 10.2 Å². The molecule has 0 fully saturated rings. The summed E-state index contributed by atoms with van der Waals surface area (Å²) in [7, 11) is 0. The molecule has 0 saturated carbocycles. The summed E-state index contributed by atoms with van der Waals surface area (Å²) in [6.45, 7) is 0. The first-order valence-corrected chi connectivity index (χ1v) is 14.7. The van der Waals surface area contributed by atoms with Gasteiger partial charge in [0.2, 0.25) is 0 Å². The van der Waals surface area contributed by atoms with Gasteiger partial charge >= 0.3 is 0 Å². The lowest BCUT2D eigenvalue weighted by Crippen LogP contribution is -1.92. The normalized spacial score (nSPS) is 10.9. The van der Waals surface area contributed by atoms with E-state index in [1.165, 1.54) is 0 Å². The highest BCUT2D eigenvalue weighted by Crippen LogP contribution is 2.43. The SMILES string of the molecule is Oc1ccc(-c2ccccc2-c2ccccc2-c2ccccc2-c2ccc(O)c(-c3ccccc3)c2)cc1-c1ccccc1. The Morgan fingerprint density at radius 1 is 0.227 bits per heavy atom. The molecule has 2 heteroatoms. The predicted molar refractivity (Wildman–Crippen MR) is 182 cm³/mol. The number of rotatable bonds is 6. The van der Waals surface area contributed by atoms with Crippen LogP contribution < -0.4 is 0 Å². The molecule has 7 aromatic rings. The predicted octanol–water partition coefficient (Wildman–Crippen LogP) is 11.1. The van der Waals surface area contributed by atoms with Crippen LogP contribution in [-0.4, -0.2) is 10.2 Å². The molecule has 44 heavy (non-hydrogen) atoms. The second kappa shape index (κ2) is 11.8. The van der Waals surface area contributed by atoms with Crippen molar-refractivity contribution < 1.29 is 10.2 Å². The molecular formula is C42H30O2. The zero-order valence-corrected chi connectivity index (χ0v) is 24.1. The minimum absolute atomic E-state index is 0.260. The average Bonchev–Trinajstić information content (AvgIpc) is 3.09. The van der Waals surface area contributed by atoms with Crippen molar-refractivity contribution in [2.45, 2.75) is 0 Å². The molecular weight excluding hydrogens is 536 g/mol. The highest BCUT2D eigenvalue weighted by Gasteiger charge is 2.17. The topological polar surface area (TPSA) is 40.5 Å². The van der Waals surface area contributed by atoms with Crippen molar-refractivity contribution in [1.82, 2.24) is 0 Å². The van der Waals surface area contributed by atoms with Gasteiger partial charge in [-0.2, -0.15) is 0 Å². The lowest BCUT2D eigenvalue weighted by Gasteiger charge is -2.18. The van der Waals surface area contributed by atoms with Crippen LogP contribution in [0.5, 0.6) is 11.5 Å². The van der Waals surface area contributed by atoms with Crippen molar-refractivity contribution in [2.75, 3.05) is 0 Å². The Labute approximate surface area is 257 Å². The Bertz CT molecular complexity index is 1930. The lowest BCUT2D eigenvalue weighted by atomic mass is 9.86. The summed E-state index contributed by atoms with van der Waals surface area (Å²) in [5, 5.41) is 21.5. The maximum atomic E-state index is 10.7. The molecule has 0 aliphatic rings. The van der Waals surface area contributed by atoms with Gasteiger partial charge in [0.1, 0.15) is 11.5 Å². The zero-order valence-electron chi connectivity index (χ0n) is 24.1. The minimum Gasteiger partial charge on any atom is -0.507 e. The van der Waals surface area contributed by atoms with E-state index in [-0.39, 0.29) is 11.5 Å². The third-order valence-electron chi connectivity index (χ3n) is 8.15. The molecule has 2 nitrogen and oxygen atoms in total. The molecule has 0 saturated heterocycles. The summed E-state index contributed by atoms with van der Waals surface area (Å²) < 4.78 is 0. The number of aromatic hydroxyl groups is 2. The first-order valence-electron chi connectivity index (χ1n) is 14.7. The Morgan fingerprint density at radius 2 is 0.523 bits per heavy atom. The number of hydrogen-bond acceptors (Lipinski definition) is 2. The molecule has 210 valence electrons. The Morgan fingerprint density at radius 3 is 0.886 bits per heavy atom. The van der Waals surface area contributed by atoms with Crippen molar-refractivity contribution in [1.29, 1.82) is 0 Å². The molecule has 0 spiro atoms. The van der Waals surface area contributed by atoms with Crippen molar-refractivity contribution in [2.24, 2.45) is 0 Å². The van der Waals surface area contributed by atoms with E-state index in [1.54, 1.807) is 12.1 Å². The third-order valence-corrected chi connectivity index (χ3v) is 8.15. The van der Waals surface area contributed by atoms with Gasteiger partial charge in [-0.25, -0.2) is 0 Å². The summed E-state index contributed by atoms with van der Waals surface area (Å²) in [5.41, 5.74) is 12.3. The van der Waals surface area contributed by atoms with E-state index in [9.17, 15) is 10.2 Å². The van der Waals surface area contributed by atoms with E-state index < -0.39 is 0 Å². The van der Waals surface area contributed by atoms with Crippen LogP contribution in [0.15, 0.2) is 170 Å². The standard InChI is InChI=1S/C42H30O2/c43-41-25-23-31(27-39(41)29-13-3-1-4-14-29)33-17-7-9-19-35(33)37-21-11-12-22-38(37)36-20-10-8-18-34(36)32-24-26-42(44)40(28-32)30-15-5-2-6-16-30/h1-28,43-44H. The number of phenols is 2. The Hall–Kier alpha value is -5.86. The average molecular weight is 567 g/mol. The first kappa shape index (κ1) is 27.0. The molecule has 0 heterocycles. The second-order valence-corrected chi connectivity index (χ2v) is 10.8. The molecule has 0 aromatic heterocycles. The first-order chi connectivity index (χ1) is 21.7. The summed E-state index contributed by atoms with van der Waals surface area (Å²) in [6, 6.07) is 57.1. The van der Waals surface area contributed by atoms with Gasteiger partial charge in [0.25, 0.3) is 0 Å². The summed E-state index contributed by atoms with van der Waals surface area (Å²) >= 11 is 0. The summed E-state index contributed by atoms with van der Waals surface area (Å²) in [4.78, 5) is 0. The van der Waals surface area contributed by atoms with Crippen LogP contribution in [0, 0.1) is 0 Å². The smallest absolute Gasteiger partial charge is 0.123 e. The van der Waals surface area contributed by atoms with Crippen LogP contribution in [-0.2, 0) is 0 Å². The summed E-state index contributed by atoms with van der Waals surface area (Å²) in [6.07, 6.45) is 0. The largest absolute Gasteiger partial charge is 0.507 e. The van der Waals surface area contributed by atoms with Gasteiger partial charge in [0, 0.05) is 11.1 Å². The van der Waals surface area contributed by atoms with Crippen LogP contribution in [0.25, 0.3) is 66.8 Å². The van der Waals surface area contributed by atoms with Crippen LogP contribution in [0.3, 0.4) is 0 Å². The molecule has 0 unspecified atom stereocenters. The van der Waals surface area contributed by atoms with E-state index in [0.29, 0.717) is 0 Å². The molecule has 0 aliphatic carbocycles. The third kappa shape index (κ3) is 5.14. The molecule has 2 N–H and O–H groups in total. The van der Waals surface area contributed by atoms with Crippen LogP contribution in [0.4, 0.5) is 0 Å². The number of phenolic OH excluding ortho intramolecular Hbond substituents is 2. The van der Waals surface area contributed by atoms with E-state index in [2.05, 4.69) is 84.9 Å². The maximum Gasteiger partial charge on any atom is 0.123 e. The zero-order chi connectivity index (χ0) is 29.9. The quantitative estimate of drug-likeness (QED) is 0.210. The number of benzene rings is 7. The van der Waals surface area contributed by atoms with E-state index >= 15 is 0 Å². The minimum atomic E-state index is 0.260. The van der Waals surface area contributed by atoms with Crippen molar-refractivity contribution in [3.8, 4) is 78.3 Å². The molecule has 7 rings (SSSR count). The molecule has 0 amide bonds. The molecule has 0 aliphatic heterocycles. The molecule has 0 radical (unpaired) electrons. The highest BCUT2D eigenvalue weighted by atomic mass is 16.3. The fraction of sp³-hybridized carbons (Fsp3) is 0. The van der Waals surface area contributed by atoms with E-state index in [0.717, 1.165) is 66.8 Å². The fourth-order valence-electron chi connectivity index (χ4n) is 6.00. The van der Waals surface area contributed by atoms with Crippen molar-refractivity contribution in [3.63, 3.8) is 0 Å². The van der Waals surface area contributed by atoms with Crippen LogP contribution in [0.2, 0.25) is 0 Å². The van der Waals surface area contributed by atoms with E-state index in [1.807, 2.05) is 72.8 Å². The fourth-order valence-corrected chi connectivity index (χ4v) is 6.00. The van der Waals surface area contributed by atoms with E-state index in [4.69, 9.17) is 0 Å². The monoisotopic (exact) mass is 566 g/mol. The summed E-state index contributed by atoms with van der Waals surface area (Å²) in [5.74, 6) is 0.519. The molecule has 0 atom stereocenters. The van der Waals surface area contributed by atoms with Gasteiger partial charge in [0.05, 0.1) is 0 Å². The van der Waals surface area contributed by atoms with Gasteiger partial charge in [-0.1, -0.05) is 146 Å². The highest BCUT2D eigenvalue weighted by molar-refractivity contribution is 5.97. The Kier molecular flexibility index (Phi) is 7.24. The van der Waals surface area contributed by atoms with Crippen molar-refractivity contribution in [3.05, 3.63) is 170 Å². The second-order valence-electron chi connectivity index (χ2n) is 10.8. The maximum absolute atomic E-state index is 10.7. The number of hydrogen-bond donors (Lipinski definition) is 2. The lowest BCUT2D eigenvalue weighted by molar-refractivity contribution is 0.477. The Balaban J connectivity index is 1.37. The van der Waals surface area contributed by atoms with Crippen LogP contribution in [0.1, 0.15) is 0 Å². The van der Waals surface area contributed by atoms with Gasteiger partial charge in [-0.05, 0) is 79.9 Å². The molecule has 0 bridgehead atoms. The van der Waals surface area contributed by atoms with Crippen molar-refractivity contribution >= 4 is 0 Å². The van der Waals surface area contributed by atoms with Gasteiger partial charge in [0.15, 0.2) is 0 Å². The molecule has 7 aromatic carbocycles.